The molecule has 0 spiro atoms. The summed E-state index contributed by atoms with van der Waals surface area (Å²) in [7, 11) is 0. The summed E-state index contributed by atoms with van der Waals surface area (Å²) < 4.78 is 1.78. The van der Waals surface area contributed by atoms with E-state index in [1.807, 2.05) is 30.1 Å². The minimum absolute atomic E-state index is 0.0462. The second-order valence-electron chi connectivity index (χ2n) is 4.13. The minimum Gasteiger partial charge on any atom is -0.310 e. The Morgan fingerprint density at radius 2 is 1.82 bits per heavy atom. The first-order valence-corrected chi connectivity index (χ1v) is 6.05. The van der Waals surface area contributed by atoms with Gasteiger partial charge >= 0.3 is 0 Å². The molecule has 0 unspecified atom stereocenters. The van der Waals surface area contributed by atoms with E-state index in [4.69, 9.17) is 0 Å². The molecule has 1 heterocycles. The van der Waals surface area contributed by atoms with E-state index in [0.717, 1.165) is 29.6 Å². The monoisotopic (exact) mass is 230 g/mol. The lowest BCUT2D eigenvalue weighted by Crippen LogP contribution is -2.42. The van der Waals surface area contributed by atoms with Crippen LogP contribution in [0.4, 0.5) is 0 Å². The Morgan fingerprint density at radius 3 is 2.47 bits per heavy atom. The van der Waals surface area contributed by atoms with E-state index < -0.39 is 0 Å². The molecule has 2 aromatic rings. The number of para-hydroxylation sites is 1. The molecule has 0 bridgehead atoms. The van der Waals surface area contributed by atoms with Crippen LogP contribution in [0.2, 0.25) is 0 Å². The highest BCUT2D eigenvalue weighted by molar-refractivity contribution is 5.82. The summed E-state index contributed by atoms with van der Waals surface area (Å²) >= 11 is 0. The van der Waals surface area contributed by atoms with Crippen LogP contribution in [-0.2, 0) is 0 Å². The fourth-order valence-electron chi connectivity index (χ4n) is 2.23. The van der Waals surface area contributed by atoms with Crippen molar-refractivity contribution in [1.82, 2.24) is 4.68 Å². The summed E-state index contributed by atoms with van der Waals surface area (Å²) in [6.07, 6.45) is 0. The SMILES string of the molecule is CCN(CC)n1c(=O)cc(C)c2ccccc21. The smallest absolute Gasteiger partial charge is 0.269 e. The van der Waals surface area contributed by atoms with Crippen LogP contribution in [0.15, 0.2) is 35.1 Å². The lowest BCUT2D eigenvalue weighted by atomic mass is 10.1. The zero-order valence-electron chi connectivity index (χ0n) is 10.6. The molecule has 17 heavy (non-hydrogen) atoms. The van der Waals surface area contributed by atoms with Crippen molar-refractivity contribution in [3.8, 4) is 0 Å². The summed E-state index contributed by atoms with van der Waals surface area (Å²) in [4.78, 5) is 12.1. The number of aromatic nitrogens is 1. The van der Waals surface area contributed by atoms with Crippen molar-refractivity contribution in [1.29, 1.82) is 0 Å². The van der Waals surface area contributed by atoms with Crippen LogP contribution in [0, 0.1) is 6.92 Å². The molecule has 0 saturated carbocycles. The number of aryl methyl sites for hydroxylation is 1. The van der Waals surface area contributed by atoms with Gasteiger partial charge in [-0.1, -0.05) is 18.2 Å². The Bertz CT molecular complexity index is 582. The van der Waals surface area contributed by atoms with Crippen LogP contribution in [-0.4, -0.2) is 17.8 Å². The standard InChI is InChI=1S/C14H18N2O/c1-4-15(5-2)16-13-9-7-6-8-12(13)11(3)10-14(16)17/h6-10H,4-5H2,1-3H3. The molecule has 0 fully saturated rings. The van der Waals surface area contributed by atoms with Gasteiger partial charge in [-0.2, -0.15) is 0 Å². The second-order valence-corrected chi connectivity index (χ2v) is 4.13. The molecule has 0 saturated heterocycles. The van der Waals surface area contributed by atoms with Gasteiger partial charge in [0.1, 0.15) is 0 Å². The molecule has 1 aromatic carbocycles. The third-order valence-electron chi connectivity index (χ3n) is 3.12. The zero-order valence-corrected chi connectivity index (χ0v) is 10.6. The van der Waals surface area contributed by atoms with Gasteiger partial charge in [-0.15, -0.1) is 0 Å². The highest BCUT2D eigenvalue weighted by Crippen LogP contribution is 2.15. The number of pyridine rings is 1. The average molecular weight is 230 g/mol. The van der Waals surface area contributed by atoms with Gasteiger partial charge in [-0.25, -0.2) is 4.68 Å². The number of hydrogen-bond acceptors (Lipinski definition) is 2. The summed E-state index contributed by atoms with van der Waals surface area (Å²) in [5.74, 6) is 0. The van der Waals surface area contributed by atoms with Crippen LogP contribution >= 0.6 is 0 Å². The molecule has 0 amide bonds. The van der Waals surface area contributed by atoms with Gasteiger partial charge in [-0.05, 0) is 32.4 Å². The number of benzene rings is 1. The quantitative estimate of drug-likeness (QED) is 0.808. The van der Waals surface area contributed by atoms with E-state index in [2.05, 4.69) is 19.9 Å². The topological polar surface area (TPSA) is 25.2 Å². The van der Waals surface area contributed by atoms with Crippen molar-refractivity contribution in [3.63, 3.8) is 0 Å². The predicted molar refractivity (Wildman–Crippen MR) is 72.2 cm³/mol. The van der Waals surface area contributed by atoms with Gasteiger partial charge in [0, 0.05) is 24.5 Å². The number of fused-ring (bicyclic) bond motifs is 1. The fraction of sp³-hybridized carbons (Fsp3) is 0.357. The van der Waals surface area contributed by atoms with Gasteiger partial charge in [-0.3, -0.25) is 4.79 Å². The molecule has 0 N–H and O–H groups in total. The van der Waals surface area contributed by atoms with E-state index in [1.54, 1.807) is 10.7 Å². The van der Waals surface area contributed by atoms with E-state index in [1.165, 1.54) is 0 Å². The van der Waals surface area contributed by atoms with Crippen LogP contribution < -0.4 is 10.6 Å². The van der Waals surface area contributed by atoms with E-state index in [9.17, 15) is 4.79 Å². The third kappa shape index (κ3) is 1.93. The molecule has 0 radical (unpaired) electrons. The molecular weight excluding hydrogens is 212 g/mol. The maximum absolute atomic E-state index is 12.1. The Kier molecular flexibility index (Phi) is 3.18. The molecule has 2 rings (SSSR count). The maximum Gasteiger partial charge on any atom is 0.269 e. The number of rotatable bonds is 3. The van der Waals surface area contributed by atoms with Crippen molar-refractivity contribution >= 4 is 10.9 Å². The second kappa shape index (κ2) is 4.62. The Balaban J connectivity index is 2.82. The Labute approximate surface area is 101 Å². The predicted octanol–water partition coefficient (Wildman–Crippen LogP) is 2.29. The van der Waals surface area contributed by atoms with Crippen LogP contribution in [0.25, 0.3) is 10.9 Å². The first kappa shape index (κ1) is 11.7. The lowest BCUT2D eigenvalue weighted by molar-refractivity contribution is 0.619. The van der Waals surface area contributed by atoms with Gasteiger partial charge in [0.15, 0.2) is 0 Å². The van der Waals surface area contributed by atoms with Crippen molar-refractivity contribution in [2.45, 2.75) is 20.8 Å². The molecule has 3 nitrogen and oxygen atoms in total. The molecule has 0 aliphatic carbocycles. The van der Waals surface area contributed by atoms with Gasteiger partial charge in [0.05, 0.1) is 5.52 Å². The summed E-state index contributed by atoms with van der Waals surface area (Å²) in [5, 5.41) is 3.18. The summed E-state index contributed by atoms with van der Waals surface area (Å²) in [5.41, 5.74) is 2.07. The van der Waals surface area contributed by atoms with E-state index in [-0.39, 0.29) is 5.56 Å². The lowest BCUT2D eigenvalue weighted by Gasteiger charge is -2.25. The average Bonchev–Trinajstić information content (AvgIpc) is 2.34. The van der Waals surface area contributed by atoms with Crippen molar-refractivity contribution in [3.05, 3.63) is 46.2 Å². The van der Waals surface area contributed by atoms with Gasteiger partial charge in [0.25, 0.3) is 5.56 Å². The van der Waals surface area contributed by atoms with Gasteiger partial charge < -0.3 is 5.01 Å². The van der Waals surface area contributed by atoms with Crippen LogP contribution in [0.1, 0.15) is 19.4 Å². The molecular formula is C14H18N2O. The van der Waals surface area contributed by atoms with E-state index >= 15 is 0 Å². The maximum atomic E-state index is 12.1. The minimum atomic E-state index is 0.0462. The van der Waals surface area contributed by atoms with Crippen molar-refractivity contribution < 1.29 is 0 Å². The Hall–Kier alpha value is -1.77. The highest BCUT2D eigenvalue weighted by atomic mass is 16.1. The molecule has 0 aliphatic rings. The van der Waals surface area contributed by atoms with Crippen LogP contribution in [0.5, 0.6) is 0 Å². The van der Waals surface area contributed by atoms with Crippen LogP contribution in [0.3, 0.4) is 0 Å². The number of nitrogens with zero attached hydrogens (tertiary/aromatic N) is 2. The van der Waals surface area contributed by atoms with Crippen molar-refractivity contribution in [2.75, 3.05) is 18.1 Å². The summed E-state index contributed by atoms with van der Waals surface area (Å²) in [6.45, 7) is 7.75. The molecule has 0 aliphatic heterocycles. The summed E-state index contributed by atoms with van der Waals surface area (Å²) in [6, 6.07) is 9.75. The molecule has 0 atom stereocenters. The third-order valence-corrected chi connectivity index (χ3v) is 3.12. The Morgan fingerprint density at radius 1 is 1.18 bits per heavy atom. The van der Waals surface area contributed by atoms with Gasteiger partial charge in [0.2, 0.25) is 0 Å². The highest BCUT2D eigenvalue weighted by Gasteiger charge is 2.09. The van der Waals surface area contributed by atoms with Crippen molar-refractivity contribution in [2.24, 2.45) is 0 Å². The first-order chi connectivity index (χ1) is 8.19. The number of hydrogen-bond donors (Lipinski definition) is 0. The molecule has 90 valence electrons. The molecule has 3 heteroatoms. The van der Waals surface area contributed by atoms with E-state index in [0.29, 0.717) is 0 Å². The molecule has 1 aromatic heterocycles. The fourth-order valence-corrected chi connectivity index (χ4v) is 2.23. The largest absolute Gasteiger partial charge is 0.310 e. The normalized spacial score (nSPS) is 10.8. The zero-order chi connectivity index (χ0) is 12.4. The first-order valence-electron chi connectivity index (χ1n) is 6.05.